The summed E-state index contributed by atoms with van der Waals surface area (Å²) in [5.74, 6) is 0. The second kappa shape index (κ2) is 4.94. The monoisotopic (exact) mass is 305 g/mol. The lowest BCUT2D eigenvalue weighted by Gasteiger charge is -2.12. The van der Waals surface area contributed by atoms with Crippen LogP contribution in [-0.2, 0) is 6.18 Å². The van der Waals surface area contributed by atoms with Gasteiger partial charge in [-0.05, 0) is 42.0 Å². The van der Waals surface area contributed by atoms with Crippen molar-refractivity contribution in [3.63, 3.8) is 0 Å². The summed E-state index contributed by atoms with van der Waals surface area (Å²) in [5, 5.41) is 0.377. The van der Waals surface area contributed by atoms with Crippen molar-refractivity contribution in [2.45, 2.75) is 6.18 Å². The Bertz CT molecular complexity index is 624. The third-order valence-corrected chi connectivity index (χ3v) is 3.00. The first kappa shape index (κ1) is 14.0. The number of nitrogen functional groups attached to an aromatic ring is 1. The van der Waals surface area contributed by atoms with Gasteiger partial charge in [-0.25, -0.2) is 0 Å². The number of hydrogen-bond donors (Lipinski definition) is 1. The Kier molecular flexibility index (Phi) is 3.65. The molecule has 0 heterocycles. The van der Waals surface area contributed by atoms with Crippen LogP contribution >= 0.6 is 23.2 Å². The molecule has 19 heavy (non-hydrogen) atoms. The highest BCUT2D eigenvalue weighted by molar-refractivity contribution is 6.31. The fourth-order valence-electron chi connectivity index (χ4n) is 1.69. The second-order valence-corrected chi connectivity index (χ2v) is 4.83. The van der Waals surface area contributed by atoms with Gasteiger partial charge in [0.05, 0.1) is 5.56 Å². The van der Waals surface area contributed by atoms with Crippen molar-refractivity contribution in [1.29, 1.82) is 0 Å². The average molecular weight is 306 g/mol. The zero-order chi connectivity index (χ0) is 14.2. The van der Waals surface area contributed by atoms with Crippen molar-refractivity contribution < 1.29 is 13.2 Å². The minimum atomic E-state index is -4.47. The molecular weight excluding hydrogens is 298 g/mol. The Hall–Kier alpha value is -1.39. The van der Waals surface area contributed by atoms with Gasteiger partial charge in [-0.3, -0.25) is 0 Å². The van der Waals surface area contributed by atoms with E-state index in [1.54, 1.807) is 6.07 Å². The highest BCUT2D eigenvalue weighted by Gasteiger charge is 2.31. The smallest absolute Gasteiger partial charge is 0.398 e. The predicted octanol–water partition coefficient (Wildman–Crippen LogP) is 5.26. The van der Waals surface area contributed by atoms with Gasteiger partial charge in [0.25, 0.3) is 0 Å². The average Bonchev–Trinajstić information content (AvgIpc) is 2.30. The van der Waals surface area contributed by atoms with Crippen LogP contribution in [0.1, 0.15) is 5.56 Å². The summed E-state index contributed by atoms with van der Waals surface area (Å²) in [6.45, 7) is 0. The van der Waals surface area contributed by atoms with Crippen molar-refractivity contribution in [3.8, 4) is 11.1 Å². The number of benzene rings is 2. The van der Waals surface area contributed by atoms with Gasteiger partial charge in [0, 0.05) is 21.3 Å². The Balaban J connectivity index is 2.63. The van der Waals surface area contributed by atoms with E-state index in [0.29, 0.717) is 16.3 Å². The molecule has 100 valence electrons. The van der Waals surface area contributed by atoms with E-state index in [1.165, 1.54) is 18.2 Å². The summed E-state index contributed by atoms with van der Waals surface area (Å²) >= 11 is 11.5. The van der Waals surface area contributed by atoms with E-state index < -0.39 is 11.7 Å². The summed E-state index contributed by atoms with van der Waals surface area (Å²) in [4.78, 5) is 0. The fourth-order valence-corrected chi connectivity index (χ4v) is 2.09. The number of hydrogen-bond acceptors (Lipinski definition) is 1. The zero-order valence-electron chi connectivity index (χ0n) is 9.43. The summed E-state index contributed by atoms with van der Waals surface area (Å²) in [6, 6.07) is 7.88. The zero-order valence-corrected chi connectivity index (χ0v) is 10.9. The lowest BCUT2D eigenvalue weighted by molar-refractivity contribution is -0.137. The van der Waals surface area contributed by atoms with Gasteiger partial charge in [0.2, 0.25) is 0 Å². The molecule has 2 N–H and O–H groups in total. The number of halogens is 5. The Morgan fingerprint density at radius 2 is 1.58 bits per heavy atom. The molecule has 2 aromatic rings. The van der Waals surface area contributed by atoms with Gasteiger partial charge in [0.15, 0.2) is 0 Å². The molecule has 0 atom stereocenters. The van der Waals surface area contributed by atoms with Gasteiger partial charge >= 0.3 is 6.18 Å². The predicted molar refractivity (Wildman–Crippen MR) is 71.3 cm³/mol. The van der Waals surface area contributed by atoms with Crippen LogP contribution in [0, 0.1) is 0 Å². The van der Waals surface area contributed by atoms with Gasteiger partial charge in [-0.2, -0.15) is 13.2 Å². The fraction of sp³-hybridized carbons (Fsp3) is 0.0769. The van der Waals surface area contributed by atoms with Crippen LogP contribution < -0.4 is 5.73 Å². The van der Waals surface area contributed by atoms with Crippen LogP contribution in [0.3, 0.4) is 0 Å². The molecule has 0 fully saturated rings. The highest BCUT2D eigenvalue weighted by Crippen LogP contribution is 2.36. The van der Waals surface area contributed by atoms with Crippen molar-refractivity contribution in [1.82, 2.24) is 0 Å². The van der Waals surface area contributed by atoms with E-state index in [4.69, 9.17) is 28.9 Å². The maximum atomic E-state index is 12.7. The van der Waals surface area contributed by atoms with Crippen molar-refractivity contribution >= 4 is 28.9 Å². The summed E-state index contributed by atoms with van der Waals surface area (Å²) in [6.07, 6.45) is -4.47. The number of nitrogens with two attached hydrogens (primary N) is 1. The molecule has 0 spiro atoms. The Morgan fingerprint density at radius 1 is 0.895 bits per heavy atom. The molecule has 0 saturated carbocycles. The van der Waals surface area contributed by atoms with Crippen LogP contribution in [-0.4, -0.2) is 0 Å². The number of alkyl halides is 3. The van der Waals surface area contributed by atoms with Crippen molar-refractivity contribution in [2.24, 2.45) is 0 Å². The molecule has 2 rings (SSSR count). The molecule has 0 aliphatic heterocycles. The normalized spacial score (nSPS) is 11.6. The van der Waals surface area contributed by atoms with Gasteiger partial charge < -0.3 is 5.73 Å². The molecule has 0 radical (unpaired) electrons. The van der Waals surface area contributed by atoms with E-state index >= 15 is 0 Å². The maximum absolute atomic E-state index is 12.7. The van der Waals surface area contributed by atoms with Crippen LogP contribution in [0.5, 0.6) is 0 Å². The third kappa shape index (κ3) is 3.14. The number of anilines is 1. The van der Waals surface area contributed by atoms with Gasteiger partial charge in [-0.15, -0.1) is 0 Å². The third-order valence-electron chi connectivity index (χ3n) is 2.55. The van der Waals surface area contributed by atoms with Gasteiger partial charge in [0.1, 0.15) is 0 Å². The minimum absolute atomic E-state index is 0.01000. The molecule has 6 heteroatoms. The molecule has 0 amide bonds. The SMILES string of the molecule is Nc1ccc(Cl)cc1-c1cc(Cl)cc(C(F)(F)F)c1. The molecule has 2 aromatic carbocycles. The lowest BCUT2D eigenvalue weighted by Crippen LogP contribution is -2.05. The summed E-state index contributed by atoms with van der Waals surface area (Å²) in [5.41, 5.74) is 5.95. The second-order valence-electron chi connectivity index (χ2n) is 3.96. The van der Waals surface area contributed by atoms with Crippen molar-refractivity contribution in [2.75, 3.05) is 5.73 Å². The standard InChI is InChI=1S/C13H8Cl2F3N/c14-9-1-2-12(19)11(6-9)7-3-8(13(16,17)18)5-10(15)4-7/h1-6H,19H2. The van der Waals surface area contributed by atoms with Crippen LogP contribution in [0.2, 0.25) is 10.0 Å². The molecule has 0 saturated heterocycles. The highest BCUT2D eigenvalue weighted by atomic mass is 35.5. The maximum Gasteiger partial charge on any atom is 0.416 e. The summed E-state index contributed by atoms with van der Waals surface area (Å²) in [7, 11) is 0. The molecule has 0 bridgehead atoms. The molecular formula is C13H8Cl2F3N. The quantitative estimate of drug-likeness (QED) is 0.714. The van der Waals surface area contributed by atoms with Crippen LogP contribution in [0.4, 0.5) is 18.9 Å². The van der Waals surface area contributed by atoms with E-state index in [1.807, 2.05) is 0 Å². The first-order valence-electron chi connectivity index (χ1n) is 5.20. The molecule has 0 unspecified atom stereocenters. The largest absolute Gasteiger partial charge is 0.416 e. The first-order valence-corrected chi connectivity index (χ1v) is 5.96. The van der Waals surface area contributed by atoms with E-state index in [9.17, 15) is 13.2 Å². The lowest BCUT2D eigenvalue weighted by atomic mass is 10.0. The van der Waals surface area contributed by atoms with E-state index in [2.05, 4.69) is 0 Å². The van der Waals surface area contributed by atoms with E-state index in [-0.39, 0.29) is 10.6 Å². The van der Waals surface area contributed by atoms with E-state index in [0.717, 1.165) is 12.1 Å². The molecule has 0 aliphatic rings. The topological polar surface area (TPSA) is 26.0 Å². The van der Waals surface area contributed by atoms with Gasteiger partial charge in [-0.1, -0.05) is 23.2 Å². The van der Waals surface area contributed by atoms with Crippen LogP contribution in [0.25, 0.3) is 11.1 Å². The first-order chi connectivity index (χ1) is 8.77. The molecule has 0 aromatic heterocycles. The number of rotatable bonds is 1. The molecule has 1 nitrogen and oxygen atoms in total. The van der Waals surface area contributed by atoms with Crippen LogP contribution in [0.15, 0.2) is 36.4 Å². The Labute approximate surface area is 117 Å². The minimum Gasteiger partial charge on any atom is -0.398 e. The Morgan fingerprint density at radius 3 is 2.21 bits per heavy atom. The van der Waals surface area contributed by atoms with Crippen molar-refractivity contribution in [3.05, 3.63) is 52.0 Å². The summed E-state index contributed by atoms with van der Waals surface area (Å²) < 4.78 is 38.2. The molecule has 0 aliphatic carbocycles.